The van der Waals surface area contributed by atoms with Crippen molar-refractivity contribution >= 4 is 16.0 Å². The number of carboxylic acid groups (broad SMARTS) is 1. The quantitative estimate of drug-likeness (QED) is 0.861. The van der Waals surface area contributed by atoms with Crippen LogP contribution in [-0.4, -0.2) is 25.5 Å². The molecular weight excluding hydrogens is 273 g/mol. The second-order valence-corrected chi connectivity index (χ2v) is 6.22. The van der Waals surface area contributed by atoms with E-state index < -0.39 is 38.7 Å². The Morgan fingerprint density at radius 1 is 1.37 bits per heavy atom. The molecule has 0 heterocycles. The predicted molar refractivity (Wildman–Crippen MR) is 67.7 cm³/mol. The van der Waals surface area contributed by atoms with Gasteiger partial charge in [0.1, 0.15) is 16.8 Å². The number of aliphatic carboxylic acids is 1. The smallest absolute Gasteiger partial charge is 0.322 e. The van der Waals surface area contributed by atoms with Crippen LogP contribution in [0.4, 0.5) is 4.39 Å². The first kappa shape index (κ1) is 15.6. The molecule has 2 N–H and O–H groups in total. The molecule has 0 saturated carbocycles. The third kappa shape index (κ3) is 3.51. The van der Waals surface area contributed by atoms with E-state index in [-0.39, 0.29) is 5.56 Å². The lowest BCUT2D eigenvalue weighted by atomic mass is 10.1. The van der Waals surface area contributed by atoms with Crippen molar-refractivity contribution in [2.75, 3.05) is 0 Å². The Morgan fingerprint density at radius 2 is 1.95 bits per heavy atom. The average molecular weight is 289 g/mol. The molecule has 5 nitrogen and oxygen atoms in total. The van der Waals surface area contributed by atoms with Crippen LogP contribution < -0.4 is 4.72 Å². The van der Waals surface area contributed by atoms with Crippen molar-refractivity contribution in [1.82, 2.24) is 4.72 Å². The molecule has 0 aliphatic heterocycles. The van der Waals surface area contributed by atoms with E-state index in [1.807, 2.05) is 4.72 Å². The van der Waals surface area contributed by atoms with Gasteiger partial charge in [0.05, 0.1) is 0 Å². The summed E-state index contributed by atoms with van der Waals surface area (Å²) in [5.74, 6) is -2.66. The van der Waals surface area contributed by atoms with Crippen LogP contribution in [0.2, 0.25) is 0 Å². The standard InChI is InChI=1S/C12H16FNO4S/c1-7(2)10(12(15)16)14-19(17,18)11-8(3)5-4-6-9(11)13/h4-7,10,14H,1-3H3,(H,15,16)/t10-/m0/s1. The van der Waals surface area contributed by atoms with Gasteiger partial charge in [0, 0.05) is 0 Å². The lowest BCUT2D eigenvalue weighted by molar-refractivity contribution is -0.140. The Bertz CT molecular complexity index is 563. The predicted octanol–water partition coefficient (Wildman–Crippen LogP) is 1.52. The summed E-state index contributed by atoms with van der Waals surface area (Å²) in [7, 11) is -4.22. The van der Waals surface area contributed by atoms with Crippen LogP contribution in [0.25, 0.3) is 0 Å². The number of hydrogen-bond donors (Lipinski definition) is 2. The van der Waals surface area contributed by atoms with Gasteiger partial charge in [-0.15, -0.1) is 0 Å². The molecule has 0 fully saturated rings. The minimum atomic E-state index is -4.22. The molecule has 1 aromatic carbocycles. The van der Waals surface area contributed by atoms with Gasteiger partial charge in [-0.1, -0.05) is 26.0 Å². The maximum Gasteiger partial charge on any atom is 0.322 e. The minimum absolute atomic E-state index is 0.223. The van der Waals surface area contributed by atoms with Crippen molar-refractivity contribution in [2.24, 2.45) is 5.92 Å². The van der Waals surface area contributed by atoms with Crippen molar-refractivity contribution < 1.29 is 22.7 Å². The first-order valence-electron chi connectivity index (χ1n) is 5.67. The van der Waals surface area contributed by atoms with E-state index in [2.05, 4.69) is 0 Å². The largest absolute Gasteiger partial charge is 0.480 e. The molecule has 0 aliphatic carbocycles. The number of carboxylic acids is 1. The Hall–Kier alpha value is -1.47. The monoisotopic (exact) mass is 289 g/mol. The highest BCUT2D eigenvalue weighted by Crippen LogP contribution is 2.19. The van der Waals surface area contributed by atoms with Crippen LogP contribution in [0, 0.1) is 18.7 Å². The summed E-state index contributed by atoms with van der Waals surface area (Å²) in [5.41, 5.74) is 0.223. The Labute approximate surface area is 111 Å². The lowest BCUT2D eigenvalue weighted by Gasteiger charge is -2.19. The molecule has 0 saturated heterocycles. The van der Waals surface area contributed by atoms with E-state index in [9.17, 15) is 17.6 Å². The number of carbonyl (C=O) groups is 1. The average Bonchev–Trinajstić information content (AvgIpc) is 2.24. The summed E-state index contributed by atoms with van der Waals surface area (Å²) in [6, 6.07) is 2.56. The van der Waals surface area contributed by atoms with E-state index in [4.69, 9.17) is 5.11 Å². The first-order chi connectivity index (χ1) is 8.66. The molecule has 19 heavy (non-hydrogen) atoms. The summed E-state index contributed by atoms with van der Waals surface area (Å²) in [6.07, 6.45) is 0. The van der Waals surface area contributed by atoms with Gasteiger partial charge in [-0.2, -0.15) is 4.72 Å². The fourth-order valence-corrected chi connectivity index (χ4v) is 3.30. The number of hydrogen-bond acceptors (Lipinski definition) is 3. The highest BCUT2D eigenvalue weighted by atomic mass is 32.2. The summed E-state index contributed by atoms with van der Waals surface area (Å²) < 4.78 is 39.8. The maximum absolute atomic E-state index is 13.6. The SMILES string of the molecule is Cc1cccc(F)c1S(=O)(=O)N[C@H](C(=O)O)C(C)C. The number of aryl methyl sites for hydroxylation is 1. The summed E-state index contributed by atoms with van der Waals surface area (Å²) in [6.45, 7) is 4.58. The second kappa shape index (κ2) is 5.66. The van der Waals surface area contributed by atoms with E-state index in [1.54, 1.807) is 13.8 Å². The molecule has 7 heteroatoms. The van der Waals surface area contributed by atoms with Crippen molar-refractivity contribution in [3.05, 3.63) is 29.6 Å². The van der Waals surface area contributed by atoms with Crippen LogP contribution in [0.5, 0.6) is 0 Å². The third-order valence-electron chi connectivity index (χ3n) is 2.65. The highest BCUT2D eigenvalue weighted by Gasteiger charge is 2.30. The fraction of sp³-hybridized carbons (Fsp3) is 0.417. The minimum Gasteiger partial charge on any atom is -0.480 e. The Balaban J connectivity index is 3.22. The summed E-state index contributed by atoms with van der Waals surface area (Å²) in [4.78, 5) is 10.5. The van der Waals surface area contributed by atoms with Crippen LogP contribution in [-0.2, 0) is 14.8 Å². The van der Waals surface area contributed by atoms with Crippen molar-refractivity contribution in [3.63, 3.8) is 0 Å². The fourth-order valence-electron chi connectivity index (χ4n) is 1.65. The molecule has 0 spiro atoms. The van der Waals surface area contributed by atoms with Crippen LogP contribution in [0.1, 0.15) is 19.4 Å². The zero-order chi connectivity index (χ0) is 14.8. The molecule has 0 radical (unpaired) electrons. The number of benzene rings is 1. The van der Waals surface area contributed by atoms with Gasteiger partial charge >= 0.3 is 5.97 Å². The summed E-state index contributed by atoms with van der Waals surface area (Å²) >= 11 is 0. The topological polar surface area (TPSA) is 83.5 Å². The van der Waals surface area contributed by atoms with Gasteiger partial charge < -0.3 is 5.11 Å². The molecule has 0 bridgehead atoms. The van der Waals surface area contributed by atoms with E-state index in [1.165, 1.54) is 19.1 Å². The molecular formula is C12H16FNO4S. The van der Waals surface area contributed by atoms with Crippen molar-refractivity contribution in [3.8, 4) is 0 Å². The van der Waals surface area contributed by atoms with Gasteiger partial charge in [-0.05, 0) is 24.5 Å². The second-order valence-electron chi connectivity index (χ2n) is 4.57. The molecule has 1 rings (SSSR count). The molecule has 0 unspecified atom stereocenters. The lowest BCUT2D eigenvalue weighted by Crippen LogP contribution is -2.44. The van der Waals surface area contributed by atoms with Gasteiger partial charge in [0.2, 0.25) is 10.0 Å². The van der Waals surface area contributed by atoms with E-state index in [0.29, 0.717) is 0 Å². The van der Waals surface area contributed by atoms with Gasteiger partial charge in [0.25, 0.3) is 0 Å². The Kier molecular flexibility index (Phi) is 4.65. The summed E-state index contributed by atoms with van der Waals surface area (Å²) in [5, 5.41) is 8.97. The highest BCUT2D eigenvalue weighted by molar-refractivity contribution is 7.89. The number of rotatable bonds is 5. The molecule has 106 valence electrons. The van der Waals surface area contributed by atoms with E-state index in [0.717, 1.165) is 6.07 Å². The molecule has 0 amide bonds. The first-order valence-corrected chi connectivity index (χ1v) is 7.15. The molecule has 1 atom stereocenters. The van der Waals surface area contributed by atoms with Crippen molar-refractivity contribution in [2.45, 2.75) is 31.7 Å². The zero-order valence-electron chi connectivity index (χ0n) is 10.8. The molecule has 0 aliphatic rings. The number of nitrogens with one attached hydrogen (secondary N) is 1. The molecule has 1 aromatic rings. The maximum atomic E-state index is 13.6. The van der Waals surface area contributed by atoms with Gasteiger partial charge in [0.15, 0.2) is 0 Å². The van der Waals surface area contributed by atoms with E-state index >= 15 is 0 Å². The van der Waals surface area contributed by atoms with Gasteiger partial charge in [-0.25, -0.2) is 12.8 Å². The number of sulfonamides is 1. The molecule has 0 aromatic heterocycles. The van der Waals surface area contributed by atoms with Crippen LogP contribution >= 0.6 is 0 Å². The van der Waals surface area contributed by atoms with Crippen molar-refractivity contribution in [1.29, 1.82) is 0 Å². The van der Waals surface area contributed by atoms with Gasteiger partial charge in [-0.3, -0.25) is 4.79 Å². The third-order valence-corrected chi connectivity index (χ3v) is 4.27. The number of halogens is 1. The zero-order valence-corrected chi connectivity index (χ0v) is 11.7. The van der Waals surface area contributed by atoms with Crippen LogP contribution in [0.3, 0.4) is 0 Å². The Morgan fingerprint density at radius 3 is 2.37 bits per heavy atom. The van der Waals surface area contributed by atoms with Crippen LogP contribution in [0.15, 0.2) is 23.1 Å². The normalized spacial score (nSPS) is 13.5.